The Kier molecular flexibility index (Phi) is 4.87. The van der Waals surface area contributed by atoms with Crippen molar-refractivity contribution in [2.24, 2.45) is 0 Å². The van der Waals surface area contributed by atoms with E-state index in [0.717, 1.165) is 5.39 Å². The largest absolute Gasteiger partial charge is 0.481 e. The third-order valence-corrected chi connectivity index (χ3v) is 4.29. The van der Waals surface area contributed by atoms with Crippen LogP contribution in [0, 0.1) is 0 Å². The van der Waals surface area contributed by atoms with E-state index >= 15 is 0 Å². The molecule has 0 saturated carbocycles. The van der Waals surface area contributed by atoms with Crippen molar-refractivity contribution in [1.29, 1.82) is 0 Å². The van der Waals surface area contributed by atoms with Gasteiger partial charge in [-0.15, -0.1) is 0 Å². The van der Waals surface area contributed by atoms with E-state index in [1.165, 1.54) is 0 Å². The minimum atomic E-state index is -3.51. The number of carboxylic acids is 1. The van der Waals surface area contributed by atoms with E-state index in [9.17, 15) is 13.2 Å². The highest BCUT2D eigenvalue weighted by atomic mass is 32.2. The molecule has 2 rings (SSSR count). The van der Waals surface area contributed by atoms with Gasteiger partial charge in [0.15, 0.2) is 0 Å². The molecule has 1 aromatic heterocycles. The topological polar surface area (TPSA) is 96.4 Å². The Hall–Kier alpha value is -1.99. The summed E-state index contributed by atoms with van der Waals surface area (Å²) in [5.74, 6) is -1.11. The minimum Gasteiger partial charge on any atom is -0.481 e. The van der Waals surface area contributed by atoms with Crippen LogP contribution in [-0.4, -0.2) is 31.0 Å². The number of aliphatic carboxylic acids is 1. The second kappa shape index (κ2) is 6.64. The molecular formula is C14H16N2O4S. The van der Waals surface area contributed by atoms with Crippen LogP contribution in [0.5, 0.6) is 0 Å². The fourth-order valence-corrected chi connectivity index (χ4v) is 3.21. The van der Waals surface area contributed by atoms with Gasteiger partial charge in [0.05, 0.1) is 11.3 Å². The van der Waals surface area contributed by atoms with E-state index in [0.29, 0.717) is 11.1 Å². The van der Waals surface area contributed by atoms with Gasteiger partial charge >= 0.3 is 5.97 Å². The fourth-order valence-electron chi connectivity index (χ4n) is 2.01. The lowest BCUT2D eigenvalue weighted by Gasteiger charge is -2.08. The van der Waals surface area contributed by atoms with Gasteiger partial charge in [-0.1, -0.05) is 24.3 Å². The van der Waals surface area contributed by atoms with Crippen LogP contribution >= 0.6 is 0 Å². The minimum absolute atomic E-state index is 0.0572. The number of rotatable bonds is 7. The average Bonchev–Trinajstić information content (AvgIpc) is 2.44. The van der Waals surface area contributed by atoms with E-state index < -0.39 is 16.0 Å². The molecule has 0 spiro atoms. The van der Waals surface area contributed by atoms with Crippen molar-refractivity contribution in [3.63, 3.8) is 0 Å². The maximum Gasteiger partial charge on any atom is 0.303 e. The number of benzene rings is 1. The lowest BCUT2D eigenvalue weighted by molar-refractivity contribution is -0.137. The highest BCUT2D eigenvalue weighted by Gasteiger charge is 2.13. The van der Waals surface area contributed by atoms with Crippen molar-refractivity contribution in [2.45, 2.75) is 18.6 Å². The molecule has 0 saturated heterocycles. The van der Waals surface area contributed by atoms with Crippen LogP contribution in [0.1, 0.15) is 18.4 Å². The fraction of sp³-hybridized carbons (Fsp3) is 0.286. The summed E-state index contributed by atoms with van der Waals surface area (Å²) in [5, 5.41) is 9.40. The Labute approximate surface area is 122 Å². The van der Waals surface area contributed by atoms with Crippen molar-refractivity contribution in [3.8, 4) is 0 Å². The molecule has 0 radical (unpaired) electrons. The summed E-state index contributed by atoms with van der Waals surface area (Å²) in [7, 11) is -3.51. The molecule has 0 unspecified atom stereocenters. The molecule has 0 amide bonds. The van der Waals surface area contributed by atoms with Gasteiger partial charge in [-0.05, 0) is 18.1 Å². The molecule has 2 aromatic rings. The zero-order valence-corrected chi connectivity index (χ0v) is 12.1. The predicted molar refractivity (Wildman–Crippen MR) is 79.2 cm³/mol. The number of pyridine rings is 1. The van der Waals surface area contributed by atoms with Crippen molar-refractivity contribution in [1.82, 2.24) is 9.71 Å². The highest BCUT2D eigenvalue weighted by Crippen LogP contribution is 2.17. The number of fused-ring (bicyclic) bond motifs is 1. The van der Waals surface area contributed by atoms with E-state index in [-0.39, 0.29) is 25.1 Å². The lowest BCUT2D eigenvalue weighted by Crippen LogP contribution is -2.26. The molecular weight excluding hydrogens is 292 g/mol. The molecule has 21 heavy (non-hydrogen) atoms. The molecule has 1 aromatic carbocycles. The van der Waals surface area contributed by atoms with Gasteiger partial charge in [0.1, 0.15) is 0 Å². The molecule has 6 nitrogen and oxygen atoms in total. The number of aromatic nitrogens is 1. The normalized spacial score (nSPS) is 11.6. The number of carboxylic acid groups (broad SMARTS) is 1. The summed E-state index contributed by atoms with van der Waals surface area (Å²) in [5.41, 5.74) is 1.29. The first-order chi connectivity index (χ1) is 9.98. The molecule has 0 bridgehead atoms. The summed E-state index contributed by atoms with van der Waals surface area (Å²) in [4.78, 5) is 14.6. The van der Waals surface area contributed by atoms with E-state index in [1.54, 1.807) is 24.4 Å². The van der Waals surface area contributed by atoms with Gasteiger partial charge in [-0.3, -0.25) is 9.78 Å². The molecule has 7 heteroatoms. The number of nitrogens with one attached hydrogen (secondary N) is 1. The smallest absolute Gasteiger partial charge is 0.303 e. The quantitative estimate of drug-likeness (QED) is 0.756. The Morgan fingerprint density at radius 1 is 1.24 bits per heavy atom. The third kappa shape index (κ3) is 4.51. The van der Waals surface area contributed by atoms with Crippen molar-refractivity contribution >= 4 is 26.9 Å². The summed E-state index contributed by atoms with van der Waals surface area (Å²) in [6, 6.07) is 9.06. The number of para-hydroxylation sites is 1. The van der Waals surface area contributed by atoms with Gasteiger partial charge in [-0.25, -0.2) is 13.1 Å². The van der Waals surface area contributed by atoms with E-state index in [1.807, 2.05) is 12.1 Å². The zero-order chi connectivity index (χ0) is 15.3. The molecule has 0 atom stereocenters. The molecule has 2 N–H and O–H groups in total. The summed E-state index contributed by atoms with van der Waals surface area (Å²) >= 11 is 0. The van der Waals surface area contributed by atoms with Crippen LogP contribution in [0.2, 0.25) is 0 Å². The maximum atomic E-state index is 12.0. The predicted octanol–water partition coefficient (Wildman–Crippen LogP) is 1.52. The molecule has 112 valence electrons. The second-order valence-corrected chi connectivity index (χ2v) is 6.45. The standard InChI is InChI=1S/C14H16N2O4S/c17-13(18)7-3-9-16-21(19,20)10-12-5-1-4-11-6-2-8-15-14(11)12/h1-2,4-6,8,16H,3,7,9-10H2,(H,17,18). The Morgan fingerprint density at radius 2 is 2.00 bits per heavy atom. The van der Waals surface area contributed by atoms with Crippen LogP contribution in [0.25, 0.3) is 10.9 Å². The number of nitrogens with zero attached hydrogens (tertiary/aromatic N) is 1. The van der Waals surface area contributed by atoms with Gasteiger partial charge in [0, 0.05) is 24.5 Å². The first-order valence-electron chi connectivity index (χ1n) is 6.50. The SMILES string of the molecule is O=C(O)CCCNS(=O)(=O)Cc1cccc2cccnc12. The van der Waals surface area contributed by atoms with Crippen molar-refractivity contribution < 1.29 is 18.3 Å². The molecule has 0 aliphatic heterocycles. The summed E-state index contributed by atoms with van der Waals surface area (Å²) in [6.45, 7) is 0.118. The van der Waals surface area contributed by atoms with Gasteiger partial charge < -0.3 is 5.11 Å². The molecule has 1 heterocycles. The Balaban J connectivity index is 2.07. The molecule has 0 aliphatic carbocycles. The van der Waals surface area contributed by atoms with Crippen LogP contribution < -0.4 is 4.72 Å². The van der Waals surface area contributed by atoms with Crippen LogP contribution in [0.3, 0.4) is 0 Å². The lowest BCUT2D eigenvalue weighted by atomic mass is 10.1. The number of hydrogen-bond donors (Lipinski definition) is 2. The van der Waals surface area contributed by atoms with Gasteiger partial charge in [0.2, 0.25) is 10.0 Å². The monoisotopic (exact) mass is 308 g/mol. The number of carbonyl (C=O) groups is 1. The Bertz CT molecular complexity index is 738. The van der Waals surface area contributed by atoms with Crippen molar-refractivity contribution in [3.05, 3.63) is 42.1 Å². The van der Waals surface area contributed by atoms with E-state index in [2.05, 4.69) is 9.71 Å². The molecule has 0 aliphatic rings. The van der Waals surface area contributed by atoms with Gasteiger partial charge in [0.25, 0.3) is 0 Å². The number of hydrogen-bond acceptors (Lipinski definition) is 4. The molecule has 0 fully saturated rings. The summed E-state index contributed by atoms with van der Waals surface area (Å²) < 4.78 is 26.4. The summed E-state index contributed by atoms with van der Waals surface area (Å²) in [6.07, 6.45) is 1.83. The zero-order valence-electron chi connectivity index (χ0n) is 11.3. The van der Waals surface area contributed by atoms with Gasteiger partial charge in [-0.2, -0.15) is 0 Å². The Morgan fingerprint density at radius 3 is 2.76 bits per heavy atom. The first kappa shape index (κ1) is 15.4. The maximum absolute atomic E-state index is 12.0. The first-order valence-corrected chi connectivity index (χ1v) is 8.15. The van der Waals surface area contributed by atoms with Crippen LogP contribution in [-0.2, 0) is 20.6 Å². The van der Waals surface area contributed by atoms with Crippen LogP contribution in [0.15, 0.2) is 36.5 Å². The average molecular weight is 308 g/mol. The number of sulfonamides is 1. The van der Waals surface area contributed by atoms with Crippen LogP contribution in [0.4, 0.5) is 0 Å². The second-order valence-electron chi connectivity index (χ2n) is 4.64. The van der Waals surface area contributed by atoms with E-state index in [4.69, 9.17) is 5.11 Å². The van der Waals surface area contributed by atoms with Crippen molar-refractivity contribution in [2.75, 3.05) is 6.54 Å². The highest BCUT2D eigenvalue weighted by molar-refractivity contribution is 7.88. The third-order valence-electron chi connectivity index (χ3n) is 2.95.